The lowest BCUT2D eigenvalue weighted by atomic mass is 10.1. The molecule has 0 spiro atoms. The van der Waals surface area contributed by atoms with Crippen molar-refractivity contribution in [3.8, 4) is 0 Å². The number of unbranched alkanes of at least 4 members (excludes halogenated alkanes) is 3. The minimum absolute atomic E-state index is 0.0701. The molecule has 0 aliphatic carbocycles. The molecule has 114 valence electrons. The molecule has 0 bridgehead atoms. The highest BCUT2D eigenvalue weighted by Crippen LogP contribution is 2.19. The number of nitrogens with zero attached hydrogens (tertiary/aromatic N) is 2. The third kappa shape index (κ3) is 3.56. The molecule has 1 fully saturated rings. The Hall–Kier alpha value is -1.98. The predicted octanol–water partition coefficient (Wildman–Crippen LogP) is 0.867. The van der Waals surface area contributed by atoms with Crippen LogP contribution in [-0.2, 0) is 19.2 Å². The van der Waals surface area contributed by atoms with Gasteiger partial charge in [-0.05, 0) is 12.8 Å². The molecular formula is C15H20N2O4. The molecule has 0 N–H and O–H groups in total. The van der Waals surface area contributed by atoms with Crippen LogP contribution in [0.25, 0.3) is 0 Å². The molecule has 0 saturated carbocycles. The molecule has 1 atom stereocenters. The van der Waals surface area contributed by atoms with Crippen molar-refractivity contribution in [1.29, 1.82) is 0 Å². The SMILES string of the molecule is CC1CC(=O)N(CCCCCCN2C(=O)C=CC2=O)C1=O. The second kappa shape index (κ2) is 6.65. The molecule has 2 aliphatic rings. The molecule has 6 heteroatoms. The van der Waals surface area contributed by atoms with E-state index in [4.69, 9.17) is 0 Å². The van der Waals surface area contributed by atoms with Gasteiger partial charge < -0.3 is 0 Å². The lowest BCUT2D eigenvalue weighted by molar-refractivity contribution is -0.140. The van der Waals surface area contributed by atoms with Crippen LogP contribution < -0.4 is 0 Å². The highest BCUT2D eigenvalue weighted by atomic mass is 16.2. The summed E-state index contributed by atoms with van der Waals surface area (Å²) in [6, 6.07) is 0. The zero-order chi connectivity index (χ0) is 15.4. The van der Waals surface area contributed by atoms with Gasteiger partial charge in [-0.1, -0.05) is 19.8 Å². The summed E-state index contributed by atoms with van der Waals surface area (Å²) in [5.74, 6) is -0.826. The Kier molecular flexibility index (Phi) is 4.88. The number of carbonyl (C=O) groups is 4. The minimum atomic E-state index is -0.248. The van der Waals surface area contributed by atoms with E-state index < -0.39 is 0 Å². The average molecular weight is 292 g/mol. The van der Waals surface area contributed by atoms with Crippen LogP contribution in [0.4, 0.5) is 0 Å². The molecule has 1 saturated heterocycles. The Bertz CT molecular complexity index is 480. The monoisotopic (exact) mass is 292 g/mol. The molecule has 0 aromatic rings. The van der Waals surface area contributed by atoms with E-state index in [1.165, 1.54) is 22.0 Å². The smallest absolute Gasteiger partial charge is 0.253 e. The van der Waals surface area contributed by atoms with Crippen LogP contribution in [0.15, 0.2) is 12.2 Å². The third-order valence-corrected chi connectivity index (χ3v) is 3.88. The van der Waals surface area contributed by atoms with E-state index in [-0.39, 0.29) is 29.5 Å². The van der Waals surface area contributed by atoms with Crippen molar-refractivity contribution in [1.82, 2.24) is 9.80 Å². The maximum Gasteiger partial charge on any atom is 0.253 e. The molecule has 4 amide bonds. The van der Waals surface area contributed by atoms with Crippen LogP contribution in [0, 0.1) is 5.92 Å². The average Bonchev–Trinajstić information content (AvgIpc) is 2.88. The molecule has 2 aliphatic heterocycles. The first-order valence-electron chi connectivity index (χ1n) is 7.38. The molecular weight excluding hydrogens is 272 g/mol. The summed E-state index contributed by atoms with van der Waals surface area (Å²) < 4.78 is 0. The van der Waals surface area contributed by atoms with Crippen molar-refractivity contribution in [3.05, 3.63) is 12.2 Å². The maximum absolute atomic E-state index is 11.7. The first-order chi connectivity index (χ1) is 10.0. The fraction of sp³-hybridized carbons (Fsp3) is 0.600. The quantitative estimate of drug-likeness (QED) is 0.515. The van der Waals surface area contributed by atoms with Gasteiger partial charge >= 0.3 is 0 Å². The first kappa shape index (κ1) is 15.4. The standard InChI is InChI=1S/C15H20N2O4/c1-11-10-14(20)17(15(11)21)9-5-3-2-4-8-16-12(18)6-7-13(16)19/h6-7,11H,2-5,8-10H2,1H3. The van der Waals surface area contributed by atoms with Crippen molar-refractivity contribution >= 4 is 23.6 Å². The van der Waals surface area contributed by atoms with E-state index in [0.29, 0.717) is 19.5 Å². The van der Waals surface area contributed by atoms with E-state index in [0.717, 1.165) is 25.7 Å². The molecule has 0 aromatic heterocycles. The number of hydrogen-bond acceptors (Lipinski definition) is 4. The highest BCUT2D eigenvalue weighted by Gasteiger charge is 2.34. The lowest BCUT2D eigenvalue weighted by Gasteiger charge is -2.15. The summed E-state index contributed by atoms with van der Waals surface area (Å²) in [6.45, 7) is 2.69. The van der Waals surface area contributed by atoms with Gasteiger partial charge in [-0.3, -0.25) is 29.0 Å². The Morgan fingerprint density at radius 2 is 1.43 bits per heavy atom. The molecule has 2 heterocycles. The Labute approximate surface area is 123 Å². The van der Waals surface area contributed by atoms with E-state index in [1.807, 2.05) is 0 Å². The van der Waals surface area contributed by atoms with Gasteiger partial charge in [-0.2, -0.15) is 0 Å². The zero-order valence-electron chi connectivity index (χ0n) is 12.2. The van der Waals surface area contributed by atoms with E-state index in [9.17, 15) is 19.2 Å². The fourth-order valence-electron chi connectivity index (χ4n) is 2.63. The largest absolute Gasteiger partial charge is 0.282 e. The molecule has 21 heavy (non-hydrogen) atoms. The van der Waals surface area contributed by atoms with Gasteiger partial charge in [-0.15, -0.1) is 0 Å². The van der Waals surface area contributed by atoms with Crippen molar-refractivity contribution in [2.24, 2.45) is 5.92 Å². The number of carbonyl (C=O) groups excluding carboxylic acids is 4. The van der Waals surface area contributed by atoms with E-state index in [2.05, 4.69) is 0 Å². The summed E-state index contributed by atoms with van der Waals surface area (Å²) in [7, 11) is 0. The Morgan fingerprint density at radius 3 is 1.90 bits per heavy atom. The van der Waals surface area contributed by atoms with Crippen LogP contribution in [0.5, 0.6) is 0 Å². The maximum atomic E-state index is 11.7. The van der Waals surface area contributed by atoms with Gasteiger partial charge in [0.25, 0.3) is 11.8 Å². The van der Waals surface area contributed by atoms with E-state index in [1.54, 1.807) is 6.92 Å². The van der Waals surface area contributed by atoms with Gasteiger partial charge in [0, 0.05) is 37.6 Å². The Morgan fingerprint density at radius 1 is 0.905 bits per heavy atom. The van der Waals surface area contributed by atoms with Crippen LogP contribution in [0.2, 0.25) is 0 Å². The fourth-order valence-corrected chi connectivity index (χ4v) is 2.63. The van der Waals surface area contributed by atoms with Crippen molar-refractivity contribution in [2.45, 2.75) is 39.0 Å². The number of imide groups is 2. The first-order valence-corrected chi connectivity index (χ1v) is 7.38. The molecule has 1 unspecified atom stereocenters. The van der Waals surface area contributed by atoms with Crippen LogP contribution >= 0.6 is 0 Å². The summed E-state index contributed by atoms with van der Waals surface area (Å²) >= 11 is 0. The van der Waals surface area contributed by atoms with Crippen molar-refractivity contribution in [2.75, 3.05) is 13.1 Å². The minimum Gasteiger partial charge on any atom is -0.282 e. The van der Waals surface area contributed by atoms with Crippen molar-refractivity contribution < 1.29 is 19.2 Å². The lowest BCUT2D eigenvalue weighted by Crippen LogP contribution is -2.31. The van der Waals surface area contributed by atoms with Gasteiger partial charge in [0.1, 0.15) is 0 Å². The molecule has 6 nitrogen and oxygen atoms in total. The summed E-state index contributed by atoms with van der Waals surface area (Å²) in [5, 5.41) is 0. The van der Waals surface area contributed by atoms with Crippen molar-refractivity contribution in [3.63, 3.8) is 0 Å². The number of rotatable bonds is 7. The van der Waals surface area contributed by atoms with Gasteiger partial charge in [0.2, 0.25) is 11.8 Å². The summed E-state index contributed by atoms with van der Waals surface area (Å²) in [4.78, 5) is 48.5. The Balaban J connectivity index is 1.59. The van der Waals surface area contributed by atoms with Gasteiger partial charge in [-0.25, -0.2) is 0 Å². The van der Waals surface area contributed by atoms with Crippen LogP contribution in [0.3, 0.4) is 0 Å². The summed E-state index contributed by atoms with van der Waals surface area (Å²) in [5.41, 5.74) is 0. The number of hydrogen-bond donors (Lipinski definition) is 0. The molecule has 0 radical (unpaired) electrons. The van der Waals surface area contributed by atoms with Gasteiger partial charge in [0.15, 0.2) is 0 Å². The third-order valence-electron chi connectivity index (χ3n) is 3.88. The summed E-state index contributed by atoms with van der Waals surface area (Å²) in [6.07, 6.45) is 6.15. The van der Waals surface area contributed by atoms with Crippen LogP contribution in [-0.4, -0.2) is 46.5 Å². The second-order valence-corrected chi connectivity index (χ2v) is 5.56. The second-order valence-electron chi connectivity index (χ2n) is 5.56. The van der Waals surface area contributed by atoms with Crippen LogP contribution in [0.1, 0.15) is 39.0 Å². The number of likely N-dealkylation sites (tertiary alicyclic amines) is 1. The van der Waals surface area contributed by atoms with E-state index >= 15 is 0 Å². The number of amides is 4. The normalized spacial score (nSPS) is 22.0. The highest BCUT2D eigenvalue weighted by molar-refractivity contribution is 6.12. The van der Waals surface area contributed by atoms with Gasteiger partial charge in [0.05, 0.1) is 0 Å². The predicted molar refractivity (Wildman–Crippen MR) is 74.8 cm³/mol. The molecule has 0 aromatic carbocycles. The topological polar surface area (TPSA) is 74.8 Å². The zero-order valence-corrected chi connectivity index (χ0v) is 12.2. The molecule has 2 rings (SSSR count).